The Morgan fingerprint density at radius 1 is 1.14 bits per heavy atom. The molecule has 2 N–H and O–H groups in total. The Labute approximate surface area is 213 Å². The van der Waals surface area contributed by atoms with Crippen LogP contribution in [-0.4, -0.2) is 38.2 Å². The first-order chi connectivity index (χ1) is 15.8. The minimum atomic E-state index is -3.82. The van der Waals surface area contributed by atoms with Gasteiger partial charge in [-0.15, -0.1) is 0 Å². The van der Waals surface area contributed by atoms with Crippen molar-refractivity contribution in [2.45, 2.75) is 58.5 Å². The third-order valence-corrected chi connectivity index (χ3v) is 7.68. The van der Waals surface area contributed by atoms with Crippen molar-refractivity contribution in [1.82, 2.24) is 23.7 Å². The molecule has 1 aromatic carbocycles. The normalized spacial score (nSPS) is 14.1. The quantitative estimate of drug-likeness (QED) is 0.344. The molecular weight excluding hydrogens is 482 g/mol. The van der Waals surface area contributed by atoms with Gasteiger partial charge in [0.1, 0.15) is 5.82 Å². The van der Waals surface area contributed by atoms with Gasteiger partial charge in [0, 0.05) is 25.0 Å². The number of benzene rings is 1. The number of hydrogen-bond acceptors (Lipinski definition) is 7. The number of anilines is 3. The third-order valence-electron chi connectivity index (χ3n) is 6.00. The maximum absolute atomic E-state index is 13.4. The summed E-state index contributed by atoms with van der Waals surface area (Å²) in [5.41, 5.74) is 2.05. The maximum Gasteiger partial charge on any atom is 0.269 e. The Bertz CT molecular complexity index is 1410. The number of aryl methyl sites for hydroxylation is 2. The summed E-state index contributed by atoms with van der Waals surface area (Å²) in [6.07, 6.45) is 7.47. The zero-order valence-corrected chi connectivity index (χ0v) is 21.2. The van der Waals surface area contributed by atoms with Crippen molar-refractivity contribution < 1.29 is 8.42 Å². The van der Waals surface area contributed by atoms with E-state index in [1.54, 1.807) is 47.4 Å². The van der Waals surface area contributed by atoms with E-state index in [-0.39, 0.29) is 31.9 Å². The molecule has 0 spiro atoms. The molecule has 0 amide bonds. The van der Waals surface area contributed by atoms with Gasteiger partial charge >= 0.3 is 0 Å². The first kappa shape index (κ1) is 26.6. The second-order valence-electron chi connectivity index (χ2n) is 8.54. The molecule has 4 aromatic rings. The van der Waals surface area contributed by atoms with Crippen LogP contribution in [0.5, 0.6) is 0 Å². The molecular formula is C24H33N7O2S2. The molecule has 1 saturated carbocycles. The lowest BCUT2D eigenvalue weighted by atomic mass is 10.2. The highest BCUT2D eigenvalue weighted by Gasteiger charge is 2.29. The molecule has 1 aliphatic carbocycles. The molecule has 188 valence electrons. The molecule has 3 aromatic heterocycles. The number of fused-ring (bicyclic) bond motifs is 1. The monoisotopic (exact) mass is 515 g/mol. The number of nitrogens with one attached hydrogen (secondary N) is 2. The molecule has 0 aliphatic heterocycles. The third kappa shape index (κ3) is 5.30. The van der Waals surface area contributed by atoms with Gasteiger partial charge in [-0.3, -0.25) is 4.68 Å². The molecule has 0 unspecified atom stereocenters. The molecule has 1 fully saturated rings. The van der Waals surface area contributed by atoms with Gasteiger partial charge in [-0.05, 0) is 57.7 Å². The number of rotatable bonds is 8. The van der Waals surface area contributed by atoms with Crippen LogP contribution in [0.3, 0.4) is 0 Å². The average Bonchev–Trinajstić information content (AvgIpc) is 3.40. The Morgan fingerprint density at radius 3 is 2.49 bits per heavy atom. The fraction of sp³-hybridized carbons (Fsp3) is 0.375. The lowest BCUT2D eigenvalue weighted by Gasteiger charge is -2.16. The first-order valence-electron chi connectivity index (χ1n) is 11.1. The van der Waals surface area contributed by atoms with E-state index in [4.69, 9.17) is 0 Å². The van der Waals surface area contributed by atoms with Crippen molar-refractivity contribution in [1.29, 1.82) is 0 Å². The fourth-order valence-electron chi connectivity index (χ4n) is 3.84. The van der Waals surface area contributed by atoms with Gasteiger partial charge in [-0.25, -0.2) is 12.4 Å². The largest absolute Gasteiger partial charge is 0.367 e. The van der Waals surface area contributed by atoms with Crippen molar-refractivity contribution in [3.63, 3.8) is 0 Å². The van der Waals surface area contributed by atoms with Gasteiger partial charge in [-0.1, -0.05) is 25.1 Å². The van der Waals surface area contributed by atoms with Crippen LogP contribution in [0.25, 0.3) is 11.0 Å². The summed E-state index contributed by atoms with van der Waals surface area (Å²) in [4.78, 5) is 9.48. The van der Waals surface area contributed by atoms with Crippen molar-refractivity contribution in [3.8, 4) is 0 Å². The van der Waals surface area contributed by atoms with Gasteiger partial charge in [0.05, 0.1) is 22.2 Å². The van der Waals surface area contributed by atoms with Gasteiger partial charge in [0.25, 0.3) is 10.0 Å². The Hall–Kier alpha value is -3.05. The first-order valence-corrected chi connectivity index (χ1v) is 12.6. The zero-order chi connectivity index (χ0) is 23.2. The van der Waals surface area contributed by atoms with Crippen LogP contribution in [0.2, 0.25) is 0 Å². The van der Waals surface area contributed by atoms with E-state index in [1.165, 1.54) is 16.8 Å². The molecule has 1 atom stereocenters. The predicted molar refractivity (Wildman–Crippen MR) is 145 cm³/mol. The molecule has 0 radical (unpaired) electrons. The van der Waals surface area contributed by atoms with Gasteiger partial charge in [-0.2, -0.15) is 28.6 Å². The maximum atomic E-state index is 13.4. The van der Waals surface area contributed by atoms with Crippen LogP contribution in [0.15, 0.2) is 53.8 Å². The van der Waals surface area contributed by atoms with Crippen LogP contribution in [0.4, 0.5) is 17.5 Å². The highest BCUT2D eigenvalue weighted by Crippen LogP contribution is 2.35. The SMILES string of the molecule is C.CCn1cc(Nc2nc(N[C@@H](C)C3CC3)c3ccn(S(=O)(=O)c4ccc(C)cc4)c3n2)cn1.S. The lowest BCUT2D eigenvalue weighted by molar-refractivity contribution is 0.589. The zero-order valence-electron chi connectivity index (χ0n) is 19.4. The van der Waals surface area contributed by atoms with E-state index in [1.807, 2.05) is 20.0 Å². The Balaban J connectivity index is 0.00000171. The van der Waals surface area contributed by atoms with Crippen molar-refractivity contribution in [2.75, 3.05) is 10.6 Å². The fourth-order valence-corrected chi connectivity index (χ4v) is 5.13. The molecule has 1 aliphatic rings. The summed E-state index contributed by atoms with van der Waals surface area (Å²) in [5.74, 6) is 1.53. The minimum absolute atomic E-state index is 0. The summed E-state index contributed by atoms with van der Waals surface area (Å²) in [6, 6.07) is 8.79. The molecule has 5 rings (SSSR count). The second-order valence-corrected chi connectivity index (χ2v) is 10.4. The molecule has 0 saturated heterocycles. The van der Waals surface area contributed by atoms with E-state index in [0.717, 1.165) is 17.8 Å². The molecule has 11 heteroatoms. The summed E-state index contributed by atoms with van der Waals surface area (Å²) >= 11 is 0. The van der Waals surface area contributed by atoms with Crippen molar-refractivity contribution >= 4 is 52.0 Å². The van der Waals surface area contributed by atoms with E-state index in [2.05, 4.69) is 32.6 Å². The summed E-state index contributed by atoms with van der Waals surface area (Å²) in [5, 5.41) is 11.6. The van der Waals surface area contributed by atoms with E-state index < -0.39 is 10.0 Å². The van der Waals surface area contributed by atoms with Gasteiger partial charge in [0.15, 0.2) is 5.65 Å². The molecule has 0 bridgehead atoms. The van der Waals surface area contributed by atoms with Crippen LogP contribution in [-0.2, 0) is 16.6 Å². The van der Waals surface area contributed by atoms with Crippen LogP contribution < -0.4 is 10.6 Å². The molecule has 3 heterocycles. The predicted octanol–water partition coefficient (Wildman–Crippen LogP) is 4.90. The summed E-state index contributed by atoms with van der Waals surface area (Å²) in [6.45, 7) is 6.80. The smallest absolute Gasteiger partial charge is 0.269 e. The number of nitrogens with zero attached hydrogens (tertiary/aromatic N) is 5. The lowest BCUT2D eigenvalue weighted by Crippen LogP contribution is -2.19. The number of hydrogen-bond donors (Lipinski definition) is 2. The summed E-state index contributed by atoms with van der Waals surface area (Å²) < 4.78 is 29.9. The molecule has 35 heavy (non-hydrogen) atoms. The van der Waals surface area contributed by atoms with Gasteiger partial charge in [0.2, 0.25) is 5.95 Å². The second kappa shape index (κ2) is 10.3. The highest BCUT2D eigenvalue weighted by atomic mass is 32.2. The van der Waals surface area contributed by atoms with E-state index in [0.29, 0.717) is 28.7 Å². The van der Waals surface area contributed by atoms with Crippen LogP contribution in [0.1, 0.15) is 39.7 Å². The van der Waals surface area contributed by atoms with Crippen molar-refractivity contribution in [3.05, 3.63) is 54.5 Å². The Kier molecular flexibility index (Phi) is 7.80. The Morgan fingerprint density at radius 2 is 1.86 bits per heavy atom. The van der Waals surface area contributed by atoms with Crippen molar-refractivity contribution in [2.24, 2.45) is 5.92 Å². The standard InChI is InChI=1S/C23H27N7O2S.CH4.H2S/c1-4-29-14-18(13-24-29)26-23-27-21(25-16(3)17-7-8-17)20-11-12-30(22(20)28-23)33(31,32)19-9-5-15(2)6-10-19;;/h5-6,9-14,16-17H,4,7-8H2,1-3H3,(H2,25,26,27,28);1H4;1H2/t16-;;/m0../s1. The average molecular weight is 516 g/mol. The van der Waals surface area contributed by atoms with Crippen LogP contribution >= 0.6 is 13.5 Å². The minimum Gasteiger partial charge on any atom is -0.367 e. The molecule has 9 nitrogen and oxygen atoms in total. The van der Waals surface area contributed by atoms with E-state index >= 15 is 0 Å². The summed E-state index contributed by atoms with van der Waals surface area (Å²) in [7, 11) is -3.82. The highest BCUT2D eigenvalue weighted by molar-refractivity contribution is 7.90. The van der Waals surface area contributed by atoms with Gasteiger partial charge < -0.3 is 10.6 Å². The topological polar surface area (TPSA) is 107 Å². The van der Waals surface area contributed by atoms with Crippen LogP contribution in [0, 0.1) is 12.8 Å². The number of aromatic nitrogens is 5. The van der Waals surface area contributed by atoms with E-state index in [9.17, 15) is 8.42 Å².